The number of halogens is 1. The van der Waals surface area contributed by atoms with Crippen molar-refractivity contribution in [1.82, 2.24) is 10.9 Å². The van der Waals surface area contributed by atoms with Gasteiger partial charge < -0.3 is 14.4 Å². The molecule has 1 aliphatic rings. The maximum Gasteiger partial charge on any atom is 0.311 e. The summed E-state index contributed by atoms with van der Waals surface area (Å²) in [5.41, 5.74) is 5.21. The van der Waals surface area contributed by atoms with Crippen molar-refractivity contribution in [3.05, 3.63) is 59.1 Å². The Bertz CT molecular complexity index is 998. The zero-order valence-corrected chi connectivity index (χ0v) is 17.3. The molecule has 2 aromatic rings. The molecule has 9 nitrogen and oxygen atoms in total. The highest BCUT2D eigenvalue weighted by molar-refractivity contribution is 6.31. The number of nitrogens with zero attached hydrogens (tertiary/aromatic N) is 1. The molecule has 0 saturated carbocycles. The van der Waals surface area contributed by atoms with E-state index in [1.807, 2.05) is 0 Å². The van der Waals surface area contributed by atoms with Gasteiger partial charge in [0.05, 0.1) is 18.7 Å². The van der Waals surface area contributed by atoms with Crippen molar-refractivity contribution in [2.75, 3.05) is 25.2 Å². The number of hydrogen-bond acceptors (Lipinski definition) is 6. The third-order valence-electron chi connectivity index (χ3n) is 4.59. The van der Waals surface area contributed by atoms with Crippen molar-refractivity contribution in [1.29, 1.82) is 0 Å². The number of amides is 3. The molecule has 1 saturated heterocycles. The Kier molecular flexibility index (Phi) is 7.09. The van der Waals surface area contributed by atoms with Crippen molar-refractivity contribution in [3.63, 3.8) is 0 Å². The van der Waals surface area contributed by atoms with Gasteiger partial charge in [0, 0.05) is 23.6 Å². The molecule has 1 aliphatic heterocycles. The van der Waals surface area contributed by atoms with Gasteiger partial charge in [0.2, 0.25) is 5.91 Å². The molecule has 0 aromatic heterocycles. The van der Waals surface area contributed by atoms with Crippen LogP contribution in [0.15, 0.2) is 48.5 Å². The predicted octanol–water partition coefficient (Wildman–Crippen LogP) is 1.71. The van der Waals surface area contributed by atoms with E-state index in [4.69, 9.17) is 21.1 Å². The molecule has 3 rings (SSSR count). The molecule has 0 unspecified atom stereocenters. The van der Waals surface area contributed by atoms with Gasteiger partial charge in [0.15, 0.2) is 6.61 Å². The first kappa shape index (κ1) is 22.1. The summed E-state index contributed by atoms with van der Waals surface area (Å²) in [5.74, 6) is -2.50. The second kappa shape index (κ2) is 9.94. The molecule has 31 heavy (non-hydrogen) atoms. The molecule has 2 aromatic carbocycles. The van der Waals surface area contributed by atoms with Crippen LogP contribution >= 0.6 is 11.6 Å². The lowest BCUT2D eigenvalue weighted by Gasteiger charge is -2.19. The molecule has 0 bridgehead atoms. The van der Waals surface area contributed by atoms with Crippen molar-refractivity contribution >= 4 is 41.0 Å². The van der Waals surface area contributed by atoms with Gasteiger partial charge in [-0.05, 0) is 30.3 Å². The largest absolute Gasteiger partial charge is 0.495 e. The number of methoxy groups -OCH3 is 1. The van der Waals surface area contributed by atoms with Crippen molar-refractivity contribution < 1.29 is 28.7 Å². The topological polar surface area (TPSA) is 114 Å². The number of ether oxygens (including phenoxy) is 2. The van der Waals surface area contributed by atoms with Gasteiger partial charge in [0.1, 0.15) is 5.75 Å². The average molecular weight is 446 g/mol. The smallest absolute Gasteiger partial charge is 0.311 e. The number of anilines is 1. The molecule has 1 fully saturated rings. The van der Waals surface area contributed by atoms with E-state index >= 15 is 0 Å². The maximum atomic E-state index is 12.4. The lowest BCUT2D eigenvalue weighted by atomic mass is 10.1. The van der Waals surface area contributed by atoms with Gasteiger partial charge in [-0.25, -0.2) is 0 Å². The first-order valence-corrected chi connectivity index (χ1v) is 9.71. The molecule has 1 heterocycles. The van der Waals surface area contributed by atoms with Gasteiger partial charge in [-0.15, -0.1) is 0 Å². The minimum atomic E-state index is -0.747. The molecule has 0 aliphatic carbocycles. The number of hydrogen-bond donors (Lipinski definition) is 2. The lowest BCUT2D eigenvalue weighted by molar-refractivity contribution is -0.152. The molecule has 1 atom stereocenters. The van der Waals surface area contributed by atoms with Crippen LogP contribution in [0, 0.1) is 5.92 Å². The predicted molar refractivity (Wildman–Crippen MR) is 111 cm³/mol. The van der Waals surface area contributed by atoms with Crippen molar-refractivity contribution in [2.45, 2.75) is 6.42 Å². The van der Waals surface area contributed by atoms with Crippen LogP contribution in [0.5, 0.6) is 5.75 Å². The highest BCUT2D eigenvalue weighted by atomic mass is 35.5. The van der Waals surface area contributed by atoms with Crippen LogP contribution in [0.4, 0.5) is 5.69 Å². The third-order valence-corrected chi connectivity index (χ3v) is 4.82. The van der Waals surface area contributed by atoms with Crippen molar-refractivity contribution in [3.8, 4) is 5.75 Å². The summed E-state index contributed by atoms with van der Waals surface area (Å²) in [7, 11) is 1.47. The second-order valence-corrected chi connectivity index (χ2v) is 7.13. The number of benzene rings is 2. The highest BCUT2D eigenvalue weighted by Crippen LogP contribution is 2.35. The Labute approximate surface area is 183 Å². The van der Waals surface area contributed by atoms with E-state index in [0.717, 1.165) is 0 Å². The maximum absolute atomic E-state index is 12.4. The number of esters is 1. The average Bonchev–Trinajstić information content (AvgIpc) is 3.17. The molecule has 3 amide bonds. The van der Waals surface area contributed by atoms with Crippen LogP contribution in [-0.4, -0.2) is 44.0 Å². The van der Waals surface area contributed by atoms with E-state index < -0.39 is 30.3 Å². The van der Waals surface area contributed by atoms with E-state index in [1.54, 1.807) is 48.5 Å². The standard InChI is InChI=1S/C21H20ClN3O6/c1-30-17-8-7-15(22)10-16(17)25-11-14(9-19(25)27)21(29)31-12-18(26)23-24-20(28)13-5-3-2-4-6-13/h2-8,10,14H,9,11-12H2,1H3,(H,23,26)(H,24,28)/t14-/m1/s1. The number of carbonyl (C=O) groups is 4. The highest BCUT2D eigenvalue weighted by Gasteiger charge is 2.37. The fraction of sp³-hybridized carbons (Fsp3) is 0.238. The molecule has 0 radical (unpaired) electrons. The van der Waals surface area contributed by atoms with E-state index in [1.165, 1.54) is 12.0 Å². The van der Waals surface area contributed by atoms with Gasteiger partial charge in [-0.3, -0.25) is 30.0 Å². The summed E-state index contributed by atoms with van der Waals surface area (Å²) in [6, 6.07) is 13.1. The van der Waals surface area contributed by atoms with E-state index in [-0.39, 0.29) is 18.9 Å². The van der Waals surface area contributed by atoms with Crippen LogP contribution in [0.1, 0.15) is 16.8 Å². The van der Waals surface area contributed by atoms with Crippen LogP contribution in [0.3, 0.4) is 0 Å². The molecule has 2 N–H and O–H groups in total. The summed E-state index contributed by atoms with van der Waals surface area (Å²) in [6.07, 6.45) is -0.0686. The van der Waals surface area contributed by atoms with Crippen LogP contribution in [0.25, 0.3) is 0 Å². The fourth-order valence-electron chi connectivity index (χ4n) is 3.05. The quantitative estimate of drug-likeness (QED) is 0.517. The Hall–Kier alpha value is -3.59. The monoisotopic (exact) mass is 445 g/mol. The van der Waals surface area contributed by atoms with Gasteiger partial charge in [0.25, 0.3) is 11.8 Å². The van der Waals surface area contributed by atoms with E-state index in [2.05, 4.69) is 10.9 Å². The Balaban J connectivity index is 1.50. The first-order chi connectivity index (χ1) is 14.9. The van der Waals surface area contributed by atoms with Crippen LogP contribution < -0.4 is 20.5 Å². The zero-order valence-electron chi connectivity index (χ0n) is 16.6. The number of rotatable bonds is 6. The number of nitrogens with one attached hydrogen (secondary N) is 2. The van der Waals surface area contributed by atoms with Gasteiger partial charge >= 0.3 is 5.97 Å². The Morgan fingerprint density at radius 1 is 1.13 bits per heavy atom. The normalized spacial score (nSPS) is 15.4. The summed E-state index contributed by atoms with van der Waals surface area (Å²) in [5, 5.41) is 0.420. The molecule has 162 valence electrons. The molecule has 0 spiro atoms. The van der Waals surface area contributed by atoms with Gasteiger partial charge in [-0.2, -0.15) is 0 Å². The zero-order chi connectivity index (χ0) is 22.4. The minimum absolute atomic E-state index is 0.0686. The van der Waals surface area contributed by atoms with Crippen LogP contribution in [0.2, 0.25) is 5.02 Å². The second-order valence-electron chi connectivity index (χ2n) is 6.70. The fourth-order valence-corrected chi connectivity index (χ4v) is 3.22. The van der Waals surface area contributed by atoms with E-state index in [0.29, 0.717) is 22.0 Å². The molecular formula is C21H20ClN3O6. The summed E-state index contributed by atoms with van der Waals surface area (Å²) in [4.78, 5) is 49.9. The van der Waals surface area contributed by atoms with Crippen LogP contribution in [-0.2, 0) is 19.1 Å². The Morgan fingerprint density at radius 2 is 1.87 bits per heavy atom. The number of hydrazine groups is 1. The third kappa shape index (κ3) is 5.52. The minimum Gasteiger partial charge on any atom is -0.495 e. The molecule has 10 heteroatoms. The first-order valence-electron chi connectivity index (χ1n) is 9.34. The van der Waals surface area contributed by atoms with Crippen molar-refractivity contribution in [2.24, 2.45) is 5.92 Å². The summed E-state index contributed by atoms with van der Waals surface area (Å²) >= 11 is 6.01. The SMILES string of the molecule is COc1ccc(Cl)cc1N1C[C@H](C(=O)OCC(=O)NNC(=O)c2ccccc2)CC1=O. The molecular weight excluding hydrogens is 426 g/mol. The number of carbonyl (C=O) groups excluding carboxylic acids is 4. The Morgan fingerprint density at radius 3 is 2.58 bits per heavy atom. The van der Waals surface area contributed by atoms with E-state index in [9.17, 15) is 19.2 Å². The summed E-state index contributed by atoms with van der Waals surface area (Å²) in [6.45, 7) is -0.528. The van der Waals surface area contributed by atoms with Gasteiger partial charge in [-0.1, -0.05) is 29.8 Å². The lowest BCUT2D eigenvalue weighted by Crippen LogP contribution is -2.43. The summed E-state index contributed by atoms with van der Waals surface area (Å²) < 4.78 is 10.3.